The number of benzene rings is 1. The third-order valence-corrected chi connectivity index (χ3v) is 5.51. The van der Waals surface area contributed by atoms with E-state index in [0.717, 1.165) is 6.26 Å². The van der Waals surface area contributed by atoms with Gasteiger partial charge in [0, 0.05) is 17.2 Å². The Balaban J connectivity index is 1.96. The topological polar surface area (TPSA) is 93.2 Å². The summed E-state index contributed by atoms with van der Waals surface area (Å²) in [5.41, 5.74) is 0.192. The Hall–Kier alpha value is -1.58. The lowest BCUT2D eigenvalue weighted by Gasteiger charge is -2.05. The first-order valence-electron chi connectivity index (χ1n) is 6.45. The van der Waals surface area contributed by atoms with Gasteiger partial charge in [0.2, 0.25) is 0 Å². The lowest BCUT2D eigenvalue weighted by molar-refractivity contribution is -0.117. The van der Waals surface area contributed by atoms with Gasteiger partial charge >= 0.3 is 0 Å². The minimum atomic E-state index is -3.39. The van der Waals surface area contributed by atoms with Crippen LogP contribution in [0.4, 0.5) is 0 Å². The Morgan fingerprint density at radius 1 is 1.35 bits per heavy atom. The van der Waals surface area contributed by atoms with Gasteiger partial charge in [-0.15, -0.1) is 11.3 Å². The number of carbonyl (C=O) groups excluding carboxylic acids is 2. The Morgan fingerprint density at radius 3 is 2.70 bits per heavy atom. The van der Waals surface area contributed by atoms with Gasteiger partial charge in [0.05, 0.1) is 17.9 Å². The van der Waals surface area contributed by atoms with Crippen LogP contribution in [0.2, 0.25) is 0 Å². The highest BCUT2D eigenvalue weighted by Gasteiger charge is 2.13. The van der Waals surface area contributed by atoms with Crippen molar-refractivity contribution in [2.24, 2.45) is 0 Å². The molecule has 1 heterocycles. The molecule has 9 heteroatoms. The molecule has 0 saturated carbocycles. The Bertz CT molecular complexity index is 846. The SMILES string of the molecule is CS(=O)(=O)c1cccc(C(=O)NCC(=O)Cc2nc(Br)cs2)c1. The zero-order valence-electron chi connectivity index (χ0n) is 12.1. The van der Waals surface area contributed by atoms with E-state index in [2.05, 4.69) is 26.2 Å². The fourth-order valence-electron chi connectivity index (χ4n) is 1.75. The number of nitrogens with zero attached hydrogens (tertiary/aromatic N) is 1. The number of hydrogen-bond acceptors (Lipinski definition) is 6. The lowest BCUT2D eigenvalue weighted by Crippen LogP contribution is -2.30. The molecular formula is C14H13BrN2O4S2. The number of nitrogens with one attached hydrogen (secondary N) is 1. The summed E-state index contributed by atoms with van der Waals surface area (Å²) in [5, 5.41) is 4.92. The van der Waals surface area contributed by atoms with Gasteiger partial charge in [-0.05, 0) is 34.1 Å². The summed E-state index contributed by atoms with van der Waals surface area (Å²) >= 11 is 4.56. The van der Waals surface area contributed by atoms with Gasteiger partial charge in [0.25, 0.3) is 5.91 Å². The molecule has 1 aromatic heterocycles. The van der Waals surface area contributed by atoms with Crippen LogP contribution >= 0.6 is 27.3 Å². The third kappa shape index (κ3) is 5.22. The van der Waals surface area contributed by atoms with Crippen molar-refractivity contribution in [2.45, 2.75) is 11.3 Å². The number of ketones is 1. The number of rotatable bonds is 6. The summed E-state index contributed by atoms with van der Waals surface area (Å²) in [6.07, 6.45) is 1.21. The van der Waals surface area contributed by atoms with E-state index in [1.165, 1.54) is 35.6 Å². The highest BCUT2D eigenvalue weighted by molar-refractivity contribution is 9.10. The molecule has 6 nitrogen and oxygen atoms in total. The highest BCUT2D eigenvalue weighted by atomic mass is 79.9. The molecular weight excluding hydrogens is 404 g/mol. The van der Waals surface area contributed by atoms with E-state index >= 15 is 0 Å². The van der Waals surface area contributed by atoms with Crippen LogP contribution in [-0.4, -0.2) is 37.9 Å². The van der Waals surface area contributed by atoms with E-state index in [1.807, 2.05) is 0 Å². The van der Waals surface area contributed by atoms with E-state index in [1.54, 1.807) is 5.38 Å². The molecule has 122 valence electrons. The minimum Gasteiger partial charge on any atom is -0.345 e. The van der Waals surface area contributed by atoms with Gasteiger partial charge in [0.15, 0.2) is 15.6 Å². The molecule has 1 aromatic carbocycles. The van der Waals surface area contributed by atoms with E-state index in [9.17, 15) is 18.0 Å². The van der Waals surface area contributed by atoms with Gasteiger partial charge in [0.1, 0.15) is 9.61 Å². The van der Waals surface area contributed by atoms with E-state index in [-0.39, 0.29) is 29.2 Å². The van der Waals surface area contributed by atoms with E-state index in [4.69, 9.17) is 0 Å². The number of carbonyl (C=O) groups is 2. The van der Waals surface area contributed by atoms with Crippen molar-refractivity contribution in [2.75, 3.05) is 12.8 Å². The Labute approximate surface area is 146 Å². The quantitative estimate of drug-likeness (QED) is 0.775. The van der Waals surface area contributed by atoms with E-state index < -0.39 is 15.7 Å². The van der Waals surface area contributed by atoms with Crippen LogP contribution in [0.5, 0.6) is 0 Å². The molecule has 0 spiro atoms. The van der Waals surface area contributed by atoms with Crippen LogP contribution in [0.25, 0.3) is 0 Å². The third-order valence-electron chi connectivity index (χ3n) is 2.84. The van der Waals surface area contributed by atoms with Crippen LogP contribution in [0.1, 0.15) is 15.4 Å². The number of sulfone groups is 1. The van der Waals surface area contributed by atoms with Crippen molar-refractivity contribution in [1.82, 2.24) is 10.3 Å². The molecule has 0 unspecified atom stereocenters. The molecule has 2 aromatic rings. The second kappa shape index (κ2) is 7.33. The summed E-state index contributed by atoms with van der Waals surface area (Å²) in [7, 11) is -3.39. The standard InChI is InChI=1S/C14H13BrN2O4S2/c1-23(20,21)11-4-2-3-9(5-11)14(19)16-7-10(18)6-13-17-12(15)8-22-13/h2-5,8H,6-7H2,1H3,(H,16,19). The number of aromatic nitrogens is 1. The zero-order chi connectivity index (χ0) is 17.0. The van der Waals surface area contributed by atoms with Gasteiger partial charge in [-0.3, -0.25) is 9.59 Å². The number of hydrogen-bond donors (Lipinski definition) is 1. The predicted molar refractivity (Wildman–Crippen MR) is 90.4 cm³/mol. The first-order valence-corrected chi connectivity index (χ1v) is 10.0. The molecule has 2 rings (SSSR count). The molecule has 0 bridgehead atoms. The van der Waals surface area contributed by atoms with E-state index in [0.29, 0.717) is 9.61 Å². The normalized spacial score (nSPS) is 11.2. The number of amides is 1. The molecule has 0 saturated heterocycles. The van der Waals surface area contributed by atoms with Crippen LogP contribution < -0.4 is 5.32 Å². The number of Topliss-reactive ketones (excluding diaryl/α,β-unsaturated/α-hetero) is 1. The van der Waals surface area contributed by atoms with Crippen LogP contribution in [0.3, 0.4) is 0 Å². The summed E-state index contributed by atoms with van der Waals surface area (Å²) in [6.45, 7) is -0.140. The van der Waals surface area contributed by atoms with Crippen molar-refractivity contribution in [3.8, 4) is 0 Å². The van der Waals surface area contributed by atoms with Crippen LogP contribution in [0.15, 0.2) is 39.1 Å². The summed E-state index contributed by atoms with van der Waals surface area (Å²) in [6, 6.07) is 5.68. The smallest absolute Gasteiger partial charge is 0.251 e. The Kier molecular flexibility index (Phi) is 5.66. The number of halogens is 1. The van der Waals surface area contributed by atoms with Crippen LogP contribution in [-0.2, 0) is 21.1 Å². The maximum atomic E-state index is 12.0. The molecule has 23 heavy (non-hydrogen) atoms. The highest BCUT2D eigenvalue weighted by Crippen LogP contribution is 2.15. The molecule has 0 fully saturated rings. The second-order valence-corrected chi connectivity index (χ2v) is 8.53. The van der Waals surface area contributed by atoms with Crippen molar-refractivity contribution >= 4 is 48.8 Å². The monoisotopic (exact) mass is 416 g/mol. The van der Waals surface area contributed by atoms with Crippen LogP contribution in [0, 0.1) is 0 Å². The first kappa shape index (κ1) is 17.8. The predicted octanol–water partition coefficient (Wildman–Crippen LogP) is 1.85. The van der Waals surface area contributed by atoms with Crippen molar-refractivity contribution in [1.29, 1.82) is 0 Å². The summed E-state index contributed by atoms with van der Waals surface area (Å²) in [5.74, 6) is -0.677. The minimum absolute atomic E-state index is 0.0594. The van der Waals surface area contributed by atoms with Gasteiger partial charge < -0.3 is 5.32 Å². The second-order valence-electron chi connectivity index (χ2n) is 4.76. The number of thiazole rings is 1. The lowest BCUT2D eigenvalue weighted by atomic mass is 10.2. The summed E-state index contributed by atoms with van der Waals surface area (Å²) in [4.78, 5) is 28.0. The fourth-order valence-corrected chi connectivity index (χ4v) is 3.71. The van der Waals surface area contributed by atoms with Crippen molar-refractivity contribution < 1.29 is 18.0 Å². The van der Waals surface area contributed by atoms with Crippen molar-refractivity contribution in [3.63, 3.8) is 0 Å². The molecule has 0 aliphatic rings. The first-order chi connectivity index (χ1) is 10.8. The maximum Gasteiger partial charge on any atom is 0.251 e. The van der Waals surface area contributed by atoms with Gasteiger partial charge in [-0.1, -0.05) is 6.07 Å². The molecule has 0 aliphatic heterocycles. The molecule has 1 amide bonds. The summed E-state index contributed by atoms with van der Waals surface area (Å²) < 4.78 is 23.6. The van der Waals surface area contributed by atoms with Gasteiger partial charge in [-0.25, -0.2) is 13.4 Å². The van der Waals surface area contributed by atoms with Crippen molar-refractivity contribution in [3.05, 3.63) is 44.8 Å². The fraction of sp³-hybridized carbons (Fsp3) is 0.214. The molecule has 0 radical (unpaired) electrons. The zero-order valence-corrected chi connectivity index (χ0v) is 15.3. The Morgan fingerprint density at radius 2 is 2.09 bits per heavy atom. The maximum absolute atomic E-state index is 12.0. The largest absolute Gasteiger partial charge is 0.345 e. The molecule has 0 aliphatic carbocycles. The average Bonchev–Trinajstić information content (AvgIpc) is 2.89. The molecule has 0 atom stereocenters. The average molecular weight is 417 g/mol. The van der Waals surface area contributed by atoms with Gasteiger partial charge in [-0.2, -0.15) is 0 Å². The molecule has 1 N–H and O–H groups in total.